The van der Waals surface area contributed by atoms with Gasteiger partial charge in [-0.15, -0.1) is 0 Å². The van der Waals surface area contributed by atoms with E-state index >= 15 is 0 Å². The summed E-state index contributed by atoms with van der Waals surface area (Å²) in [6, 6.07) is 1.30. The number of anilines is 1. The number of nitrogen functional groups attached to an aromatic ring is 1. The molecule has 0 radical (unpaired) electrons. The molecule has 0 aliphatic rings. The molecular weight excluding hydrogens is 215 g/mol. The minimum absolute atomic E-state index is 0.0355. The maximum Gasteiger partial charge on any atom is 0.289 e. The van der Waals surface area contributed by atoms with Gasteiger partial charge in [-0.3, -0.25) is 10.1 Å². The molecule has 0 saturated carbocycles. The molecule has 1 aromatic rings. The molecule has 0 unspecified atom stereocenters. The average molecular weight is 221 g/mol. The van der Waals surface area contributed by atoms with E-state index in [0.29, 0.717) is 5.56 Å². The van der Waals surface area contributed by atoms with E-state index in [1.807, 2.05) is 0 Å². The molecule has 0 spiro atoms. The number of nitrogens with two attached hydrogens (primary N) is 1. The molecular formula is C7H6Cl2N2O2. The lowest BCUT2D eigenvalue weighted by Gasteiger charge is -2.04. The monoisotopic (exact) mass is 220 g/mol. The Balaban J connectivity index is 3.50. The SMILES string of the molecule is Cc1cc([N+](=O)[O-])c(Cl)c(Cl)c1N. The standard InChI is InChI=1S/C7H6Cl2N2O2/c1-3-2-4(11(12)13)5(8)6(9)7(3)10/h2H,10H2,1H3. The fraction of sp³-hybridized carbons (Fsp3) is 0.143. The van der Waals surface area contributed by atoms with Crippen molar-refractivity contribution in [2.75, 3.05) is 5.73 Å². The highest BCUT2D eigenvalue weighted by molar-refractivity contribution is 6.45. The van der Waals surface area contributed by atoms with Gasteiger partial charge in [-0.05, 0) is 12.5 Å². The fourth-order valence-corrected chi connectivity index (χ4v) is 1.35. The number of benzene rings is 1. The minimum atomic E-state index is -0.597. The molecule has 70 valence electrons. The summed E-state index contributed by atoms with van der Waals surface area (Å²) in [6.45, 7) is 1.63. The van der Waals surface area contributed by atoms with Crippen LogP contribution in [0.25, 0.3) is 0 Å². The highest BCUT2D eigenvalue weighted by atomic mass is 35.5. The van der Waals surface area contributed by atoms with Gasteiger partial charge in [-0.25, -0.2) is 0 Å². The summed E-state index contributed by atoms with van der Waals surface area (Å²) >= 11 is 11.3. The molecule has 4 nitrogen and oxygen atoms in total. The third-order valence-corrected chi connectivity index (χ3v) is 2.50. The molecule has 2 N–H and O–H groups in total. The zero-order valence-electron chi connectivity index (χ0n) is 6.67. The first kappa shape index (κ1) is 10.1. The van der Waals surface area contributed by atoms with Crippen LogP contribution in [0, 0.1) is 17.0 Å². The highest BCUT2D eigenvalue weighted by Gasteiger charge is 2.18. The van der Waals surface area contributed by atoms with E-state index in [1.165, 1.54) is 6.07 Å². The van der Waals surface area contributed by atoms with Crippen molar-refractivity contribution in [3.8, 4) is 0 Å². The fourth-order valence-electron chi connectivity index (χ4n) is 0.883. The minimum Gasteiger partial charge on any atom is -0.397 e. The van der Waals surface area contributed by atoms with Crippen molar-refractivity contribution in [3.05, 3.63) is 31.8 Å². The predicted molar refractivity (Wildman–Crippen MR) is 52.3 cm³/mol. The third-order valence-electron chi connectivity index (χ3n) is 1.63. The zero-order chi connectivity index (χ0) is 10.2. The lowest BCUT2D eigenvalue weighted by Crippen LogP contribution is -1.96. The molecule has 0 aromatic heterocycles. The Morgan fingerprint density at radius 3 is 2.46 bits per heavy atom. The van der Waals surface area contributed by atoms with E-state index < -0.39 is 4.92 Å². The molecule has 0 saturated heterocycles. The van der Waals surface area contributed by atoms with Gasteiger partial charge in [0.2, 0.25) is 0 Å². The second kappa shape index (κ2) is 3.40. The van der Waals surface area contributed by atoms with Crippen LogP contribution in [-0.2, 0) is 0 Å². The Morgan fingerprint density at radius 2 is 2.00 bits per heavy atom. The van der Waals surface area contributed by atoms with Crippen LogP contribution in [-0.4, -0.2) is 4.92 Å². The van der Waals surface area contributed by atoms with E-state index in [4.69, 9.17) is 28.9 Å². The van der Waals surface area contributed by atoms with Gasteiger partial charge >= 0.3 is 0 Å². The maximum atomic E-state index is 10.5. The molecule has 0 atom stereocenters. The molecule has 6 heteroatoms. The lowest BCUT2D eigenvalue weighted by molar-refractivity contribution is -0.384. The van der Waals surface area contributed by atoms with Crippen molar-refractivity contribution >= 4 is 34.6 Å². The van der Waals surface area contributed by atoms with Gasteiger partial charge in [0.15, 0.2) is 0 Å². The Labute approximate surface area is 84.4 Å². The molecule has 1 aromatic carbocycles. The quantitative estimate of drug-likeness (QED) is 0.450. The zero-order valence-corrected chi connectivity index (χ0v) is 8.19. The van der Waals surface area contributed by atoms with Gasteiger partial charge in [-0.2, -0.15) is 0 Å². The largest absolute Gasteiger partial charge is 0.397 e. The van der Waals surface area contributed by atoms with Crippen LogP contribution < -0.4 is 5.73 Å². The number of aryl methyl sites for hydroxylation is 1. The highest BCUT2D eigenvalue weighted by Crippen LogP contribution is 2.37. The van der Waals surface area contributed by atoms with Crippen molar-refractivity contribution in [2.45, 2.75) is 6.92 Å². The number of rotatable bonds is 1. The molecule has 0 amide bonds. The van der Waals surface area contributed by atoms with Gasteiger partial charge in [-0.1, -0.05) is 23.2 Å². The van der Waals surface area contributed by atoms with E-state index in [2.05, 4.69) is 0 Å². The number of nitro groups is 1. The number of hydrogen-bond donors (Lipinski definition) is 1. The van der Waals surface area contributed by atoms with E-state index in [1.54, 1.807) is 6.92 Å². The number of halogens is 2. The van der Waals surface area contributed by atoms with Crippen LogP contribution in [0.2, 0.25) is 10.0 Å². The first-order chi connectivity index (χ1) is 5.95. The lowest BCUT2D eigenvalue weighted by atomic mass is 10.2. The van der Waals surface area contributed by atoms with E-state index in [-0.39, 0.29) is 21.4 Å². The summed E-state index contributed by atoms with van der Waals surface area (Å²) in [5.41, 5.74) is 6.11. The third kappa shape index (κ3) is 1.68. The summed E-state index contributed by atoms with van der Waals surface area (Å²) in [5.74, 6) is 0. The molecule has 1 rings (SSSR count). The normalized spacial score (nSPS) is 10.1. The smallest absolute Gasteiger partial charge is 0.289 e. The Hall–Kier alpha value is -1.00. The van der Waals surface area contributed by atoms with Crippen LogP contribution in [0.3, 0.4) is 0 Å². The van der Waals surface area contributed by atoms with Crippen molar-refractivity contribution in [3.63, 3.8) is 0 Å². The van der Waals surface area contributed by atoms with Crippen LogP contribution in [0.1, 0.15) is 5.56 Å². The van der Waals surface area contributed by atoms with Crippen LogP contribution in [0.4, 0.5) is 11.4 Å². The number of nitrogens with zero attached hydrogens (tertiary/aromatic N) is 1. The van der Waals surface area contributed by atoms with E-state index in [0.717, 1.165) is 0 Å². The van der Waals surface area contributed by atoms with Gasteiger partial charge in [0.1, 0.15) is 5.02 Å². The summed E-state index contributed by atoms with van der Waals surface area (Å²) < 4.78 is 0. The Bertz CT molecular complexity index is 379. The van der Waals surface area contributed by atoms with Crippen LogP contribution >= 0.6 is 23.2 Å². The average Bonchev–Trinajstić information content (AvgIpc) is 2.07. The molecule has 13 heavy (non-hydrogen) atoms. The van der Waals surface area contributed by atoms with Crippen molar-refractivity contribution in [2.24, 2.45) is 0 Å². The second-order valence-electron chi connectivity index (χ2n) is 2.51. The topological polar surface area (TPSA) is 69.2 Å². The summed E-state index contributed by atoms with van der Waals surface area (Å²) in [5, 5.41) is 10.4. The van der Waals surface area contributed by atoms with Gasteiger partial charge in [0, 0.05) is 6.07 Å². The van der Waals surface area contributed by atoms with E-state index in [9.17, 15) is 10.1 Å². The summed E-state index contributed by atoms with van der Waals surface area (Å²) in [6.07, 6.45) is 0. The Kier molecular flexibility index (Phi) is 2.63. The van der Waals surface area contributed by atoms with Crippen molar-refractivity contribution in [1.29, 1.82) is 0 Å². The van der Waals surface area contributed by atoms with Crippen molar-refractivity contribution in [1.82, 2.24) is 0 Å². The second-order valence-corrected chi connectivity index (χ2v) is 3.27. The Morgan fingerprint density at radius 1 is 1.46 bits per heavy atom. The van der Waals surface area contributed by atoms with Crippen LogP contribution in [0.15, 0.2) is 6.07 Å². The molecule has 0 aliphatic heterocycles. The van der Waals surface area contributed by atoms with Crippen molar-refractivity contribution < 1.29 is 4.92 Å². The number of hydrogen-bond acceptors (Lipinski definition) is 3. The summed E-state index contributed by atoms with van der Waals surface area (Å²) in [7, 11) is 0. The van der Waals surface area contributed by atoms with Crippen LogP contribution in [0.5, 0.6) is 0 Å². The summed E-state index contributed by atoms with van der Waals surface area (Å²) in [4.78, 5) is 9.86. The number of nitro benzene ring substituents is 1. The maximum absolute atomic E-state index is 10.5. The predicted octanol–water partition coefficient (Wildman–Crippen LogP) is 2.79. The molecule has 0 fully saturated rings. The van der Waals surface area contributed by atoms with Gasteiger partial charge < -0.3 is 5.73 Å². The molecule has 0 bridgehead atoms. The first-order valence-corrected chi connectivity index (χ1v) is 4.09. The first-order valence-electron chi connectivity index (χ1n) is 3.33. The van der Waals surface area contributed by atoms with Gasteiger partial charge in [0.25, 0.3) is 5.69 Å². The van der Waals surface area contributed by atoms with Gasteiger partial charge in [0.05, 0.1) is 15.6 Å². The molecule has 0 heterocycles. The molecule has 0 aliphatic carbocycles.